The number of nitrogens with two attached hydrogens (primary N) is 1. The molecule has 2 heterocycles. The molecule has 8 heteroatoms. The first-order valence-corrected chi connectivity index (χ1v) is 5.09. The number of hydrazine groups is 1. The summed E-state index contributed by atoms with van der Waals surface area (Å²) in [5.74, 6) is 6.92. The van der Waals surface area contributed by atoms with Crippen LogP contribution < -0.4 is 16.6 Å². The first-order chi connectivity index (χ1) is 8.29. The molecule has 0 aromatic carbocycles. The Morgan fingerprint density at radius 1 is 1.41 bits per heavy atom. The third-order valence-corrected chi connectivity index (χ3v) is 2.14. The Kier molecular flexibility index (Phi) is 3.46. The second-order valence-corrected chi connectivity index (χ2v) is 3.38. The SMILES string of the molecule is Cc1cnc(NN)nc1NCCc1ncno1. The van der Waals surface area contributed by atoms with Crippen molar-refractivity contribution in [2.75, 3.05) is 17.3 Å². The summed E-state index contributed by atoms with van der Waals surface area (Å²) in [4.78, 5) is 12.1. The lowest BCUT2D eigenvalue weighted by molar-refractivity contribution is 0.379. The first-order valence-electron chi connectivity index (χ1n) is 5.09. The second-order valence-electron chi connectivity index (χ2n) is 3.38. The molecule has 0 atom stereocenters. The number of hydrogen-bond acceptors (Lipinski definition) is 8. The van der Waals surface area contributed by atoms with Gasteiger partial charge in [0, 0.05) is 24.7 Å². The lowest BCUT2D eigenvalue weighted by Crippen LogP contribution is -2.13. The van der Waals surface area contributed by atoms with E-state index in [0.717, 1.165) is 11.4 Å². The molecule has 0 saturated heterocycles. The quantitative estimate of drug-likeness (QED) is 0.494. The largest absolute Gasteiger partial charge is 0.369 e. The van der Waals surface area contributed by atoms with Gasteiger partial charge in [-0.3, -0.25) is 5.43 Å². The molecule has 2 rings (SSSR count). The van der Waals surface area contributed by atoms with Gasteiger partial charge in [-0.05, 0) is 6.92 Å². The van der Waals surface area contributed by atoms with E-state index in [9.17, 15) is 0 Å². The van der Waals surface area contributed by atoms with Gasteiger partial charge < -0.3 is 9.84 Å². The van der Waals surface area contributed by atoms with E-state index in [-0.39, 0.29) is 0 Å². The fourth-order valence-corrected chi connectivity index (χ4v) is 1.28. The van der Waals surface area contributed by atoms with E-state index in [4.69, 9.17) is 10.4 Å². The number of rotatable bonds is 5. The summed E-state index contributed by atoms with van der Waals surface area (Å²) in [6.45, 7) is 2.55. The number of hydrogen-bond donors (Lipinski definition) is 3. The Hall–Kier alpha value is -2.22. The van der Waals surface area contributed by atoms with Crippen molar-refractivity contribution in [1.82, 2.24) is 20.1 Å². The molecule has 17 heavy (non-hydrogen) atoms. The zero-order chi connectivity index (χ0) is 12.1. The van der Waals surface area contributed by atoms with Crippen LogP contribution in [0.1, 0.15) is 11.5 Å². The van der Waals surface area contributed by atoms with Crippen LogP contribution in [0.3, 0.4) is 0 Å². The summed E-state index contributed by atoms with van der Waals surface area (Å²) < 4.78 is 4.88. The highest BCUT2D eigenvalue weighted by Crippen LogP contribution is 2.11. The predicted molar refractivity (Wildman–Crippen MR) is 61.1 cm³/mol. The van der Waals surface area contributed by atoms with Gasteiger partial charge in [-0.25, -0.2) is 10.8 Å². The highest BCUT2D eigenvalue weighted by atomic mass is 16.5. The number of nitrogen functional groups attached to an aromatic ring is 1. The Bertz CT molecular complexity index is 470. The van der Waals surface area contributed by atoms with Crippen molar-refractivity contribution >= 4 is 11.8 Å². The minimum absolute atomic E-state index is 0.371. The maximum atomic E-state index is 5.24. The number of aromatic nitrogens is 4. The highest BCUT2D eigenvalue weighted by Gasteiger charge is 2.03. The molecule has 0 aliphatic heterocycles. The average molecular weight is 235 g/mol. The standard InChI is InChI=1S/C9H13N7O/c1-6-4-12-9(16-10)15-8(6)11-3-2-7-13-5-14-17-7/h4-5H,2-3,10H2,1H3,(H2,11,12,15,16). The molecule has 0 amide bonds. The van der Waals surface area contributed by atoms with Gasteiger partial charge >= 0.3 is 0 Å². The first kappa shape index (κ1) is 11.3. The van der Waals surface area contributed by atoms with Crippen molar-refractivity contribution < 1.29 is 4.52 Å². The summed E-state index contributed by atoms with van der Waals surface area (Å²) in [7, 11) is 0. The molecule has 0 fully saturated rings. The van der Waals surface area contributed by atoms with Crippen molar-refractivity contribution in [3.05, 3.63) is 24.0 Å². The average Bonchev–Trinajstić information content (AvgIpc) is 2.84. The van der Waals surface area contributed by atoms with Crippen molar-refractivity contribution in [1.29, 1.82) is 0 Å². The predicted octanol–water partition coefficient (Wildman–Crippen LogP) is 0.108. The van der Waals surface area contributed by atoms with Gasteiger partial charge in [0.1, 0.15) is 5.82 Å². The Morgan fingerprint density at radius 3 is 3.00 bits per heavy atom. The smallest absolute Gasteiger partial charge is 0.239 e. The van der Waals surface area contributed by atoms with E-state index in [1.54, 1.807) is 6.20 Å². The molecule has 0 radical (unpaired) electrons. The summed E-state index contributed by atoms with van der Waals surface area (Å²) in [6.07, 6.45) is 3.70. The molecule has 0 aliphatic carbocycles. The fourth-order valence-electron chi connectivity index (χ4n) is 1.28. The van der Waals surface area contributed by atoms with Gasteiger partial charge in [0.15, 0.2) is 6.33 Å². The van der Waals surface area contributed by atoms with E-state index < -0.39 is 0 Å². The lowest BCUT2D eigenvalue weighted by Gasteiger charge is -2.08. The van der Waals surface area contributed by atoms with Crippen LogP contribution in [-0.2, 0) is 6.42 Å². The minimum Gasteiger partial charge on any atom is -0.369 e. The van der Waals surface area contributed by atoms with E-state index in [1.807, 2.05) is 6.92 Å². The van der Waals surface area contributed by atoms with Crippen LogP contribution >= 0.6 is 0 Å². The normalized spacial score (nSPS) is 10.2. The van der Waals surface area contributed by atoms with Crippen LogP contribution in [0.25, 0.3) is 0 Å². The summed E-state index contributed by atoms with van der Waals surface area (Å²) in [6, 6.07) is 0. The van der Waals surface area contributed by atoms with E-state index in [0.29, 0.717) is 24.8 Å². The maximum absolute atomic E-state index is 5.24. The minimum atomic E-state index is 0.371. The number of nitrogens with zero attached hydrogens (tertiary/aromatic N) is 4. The molecule has 0 saturated carbocycles. The van der Waals surface area contributed by atoms with Crippen LogP contribution in [0.5, 0.6) is 0 Å². The van der Waals surface area contributed by atoms with Crippen LogP contribution in [0, 0.1) is 6.92 Å². The fraction of sp³-hybridized carbons (Fsp3) is 0.333. The Balaban J connectivity index is 1.94. The highest BCUT2D eigenvalue weighted by molar-refractivity contribution is 5.45. The summed E-state index contributed by atoms with van der Waals surface area (Å²) in [5, 5.41) is 6.68. The zero-order valence-electron chi connectivity index (χ0n) is 9.34. The van der Waals surface area contributed by atoms with Gasteiger partial charge in [0.25, 0.3) is 0 Å². The topological polar surface area (TPSA) is 115 Å². The molecule has 2 aromatic rings. The van der Waals surface area contributed by atoms with Crippen molar-refractivity contribution in [2.45, 2.75) is 13.3 Å². The van der Waals surface area contributed by atoms with E-state index >= 15 is 0 Å². The third kappa shape index (κ3) is 2.88. The lowest BCUT2D eigenvalue weighted by atomic mass is 10.3. The molecule has 0 aliphatic rings. The van der Waals surface area contributed by atoms with E-state index in [2.05, 4.69) is 30.9 Å². The van der Waals surface area contributed by atoms with Gasteiger partial charge in [0.05, 0.1) is 0 Å². The van der Waals surface area contributed by atoms with Crippen LogP contribution in [0.15, 0.2) is 17.0 Å². The van der Waals surface area contributed by atoms with Crippen molar-refractivity contribution in [2.24, 2.45) is 5.84 Å². The third-order valence-electron chi connectivity index (χ3n) is 2.14. The van der Waals surface area contributed by atoms with Crippen LogP contribution in [0.4, 0.5) is 11.8 Å². The number of aryl methyl sites for hydroxylation is 1. The van der Waals surface area contributed by atoms with Gasteiger partial charge in [-0.1, -0.05) is 5.16 Å². The van der Waals surface area contributed by atoms with Crippen molar-refractivity contribution in [3.8, 4) is 0 Å². The molecule has 4 N–H and O–H groups in total. The molecule has 8 nitrogen and oxygen atoms in total. The van der Waals surface area contributed by atoms with Crippen molar-refractivity contribution in [3.63, 3.8) is 0 Å². The molecular weight excluding hydrogens is 222 g/mol. The molecular formula is C9H13N7O. The molecule has 2 aromatic heterocycles. The summed E-state index contributed by atoms with van der Waals surface area (Å²) >= 11 is 0. The number of anilines is 2. The molecule has 0 spiro atoms. The monoisotopic (exact) mass is 235 g/mol. The summed E-state index contributed by atoms with van der Waals surface area (Å²) in [5.41, 5.74) is 3.33. The number of nitrogens with one attached hydrogen (secondary N) is 2. The van der Waals surface area contributed by atoms with Gasteiger partial charge in [-0.2, -0.15) is 9.97 Å². The maximum Gasteiger partial charge on any atom is 0.239 e. The van der Waals surface area contributed by atoms with Crippen LogP contribution in [0.2, 0.25) is 0 Å². The molecule has 0 bridgehead atoms. The molecule has 90 valence electrons. The van der Waals surface area contributed by atoms with Crippen LogP contribution in [-0.4, -0.2) is 26.7 Å². The Labute approximate surface area is 97.6 Å². The second kappa shape index (κ2) is 5.21. The van der Waals surface area contributed by atoms with Gasteiger partial charge in [-0.15, -0.1) is 0 Å². The Morgan fingerprint density at radius 2 is 2.29 bits per heavy atom. The van der Waals surface area contributed by atoms with E-state index in [1.165, 1.54) is 6.33 Å². The zero-order valence-corrected chi connectivity index (χ0v) is 9.34. The van der Waals surface area contributed by atoms with Gasteiger partial charge in [0.2, 0.25) is 11.8 Å². The molecule has 0 unspecified atom stereocenters.